The number of hydrogen-bond donors (Lipinski definition) is 1. The lowest BCUT2D eigenvalue weighted by Gasteiger charge is -2.11. The average Bonchev–Trinajstić information content (AvgIpc) is 2.36. The van der Waals surface area contributed by atoms with Crippen LogP contribution in [0.25, 0.3) is 0 Å². The Hall–Kier alpha value is -2.16. The van der Waals surface area contributed by atoms with Crippen molar-refractivity contribution in [1.29, 1.82) is 0 Å². The number of anilines is 1. The minimum absolute atomic E-state index is 0.0595. The molecule has 0 bridgehead atoms. The first-order chi connectivity index (χ1) is 9.38. The first-order valence-corrected chi connectivity index (χ1v) is 6.53. The summed E-state index contributed by atoms with van der Waals surface area (Å²) < 4.78 is 13.4. The van der Waals surface area contributed by atoms with Crippen molar-refractivity contribution in [2.24, 2.45) is 0 Å². The lowest BCUT2D eigenvalue weighted by Crippen LogP contribution is -2.08. The molecule has 0 amide bonds. The molecule has 0 aliphatic rings. The maximum Gasteiger partial charge on any atom is 0.167 e. The van der Waals surface area contributed by atoms with Crippen LogP contribution in [0.2, 0.25) is 0 Å². The predicted octanol–water partition coefficient (Wildman–Crippen LogP) is 3.76. The van der Waals surface area contributed by atoms with Gasteiger partial charge in [0.15, 0.2) is 5.78 Å². The van der Waals surface area contributed by atoms with E-state index in [2.05, 4.69) is 12.1 Å². The summed E-state index contributed by atoms with van der Waals surface area (Å²) in [7, 11) is 0. The van der Waals surface area contributed by atoms with Gasteiger partial charge in [-0.25, -0.2) is 4.39 Å². The number of carbonyl (C=O) groups excluding carboxylic acids is 1. The topological polar surface area (TPSA) is 43.1 Å². The fourth-order valence-electron chi connectivity index (χ4n) is 2.45. The zero-order chi connectivity index (χ0) is 14.9. The van der Waals surface area contributed by atoms with E-state index in [1.807, 2.05) is 20.8 Å². The number of rotatable bonds is 3. The molecular formula is C17H18FNO. The molecule has 2 aromatic carbocycles. The molecule has 0 aromatic heterocycles. The fraction of sp³-hybridized carbons (Fsp3) is 0.235. The maximum atomic E-state index is 13.4. The molecule has 0 aliphatic heterocycles. The lowest BCUT2D eigenvalue weighted by atomic mass is 9.94. The highest BCUT2D eigenvalue weighted by Gasteiger charge is 2.13. The van der Waals surface area contributed by atoms with Crippen LogP contribution in [0.4, 0.5) is 10.1 Å². The number of benzene rings is 2. The number of nitrogens with two attached hydrogens (primary N) is 1. The summed E-state index contributed by atoms with van der Waals surface area (Å²) in [6, 6.07) is 8.31. The van der Waals surface area contributed by atoms with Gasteiger partial charge >= 0.3 is 0 Å². The zero-order valence-electron chi connectivity index (χ0n) is 12.0. The molecule has 2 aromatic rings. The molecule has 0 unspecified atom stereocenters. The molecule has 2 rings (SSSR count). The number of carbonyl (C=O) groups is 1. The van der Waals surface area contributed by atoms with Gasteiger partial charge in [0.2, 0.25) is 0 Å². The van der Waals surface area contributed by atoms with Crippen LogP contribution in [0.5, 0.6) is 0 Å². The number of hydrogen-bond acceptors (Lipinski definition) is 2. The number of aryl methyl sites for hydroxylation is 3. The largest absolute Gasteiger partial charge is 0.396 e. The van der Waals surface area contributed by atoms with E-state index in [-0.39, 0.29) is 17.9 Å². The molecule has 2 nitrogen and oxygen atoms in total. The van der Waals surface area contributed by atoms with Gasteiger partial charge in [0.25, 0.3) is 0 Å². The second kappa shape index (κ2) is 5.45. The Kier molecular flexibility index (Phi) is 3.89. The third-order valence-corrected chi connectivity index (χ3v) is 3.50. The van der Waals surface area contributed by atoms with Gasteiger partial charge < -0.3 is 5.73 Å². The Balaban J connectivity index is 2.30. The maximum absolute atomic E-state index is 13.4. The molecule has 0 atom stereocenters. The standard InChI is InChI=1S/C17H18FNO/c1-10-6-11(2)14(12(3)7-10)9-17(20)13-4-5-16(19)15(18)8-13/h4-8H,9,19H2,1-3H3. The van der Waals surface area contributed by atoms with Crippen molar-refractivity contribution in [2.45, 2.75) is 27.2 Å². The third kappa shape index (κ3) is 2.87. The number of halogens is 1. The molecule has 0 heterocycles. The summed E-state index contributed by atoms with van der Waals surface area (Å²) in [6.07, 6.45) is 0.279. The summed E-state index contributed by atoms with van der Waals surface area (Å²) in [4.78, 5) is 12.3. The Labute approximate surface area is 118 Å². The predicted molar refractivity (Wildman–Crippen MR) is 79.5 cm³/mol. The third-order valence-electron chi connectivity index (χ3n) is 3.50. The highest BCUT2D eigenvalue weighted by atomic mass is 19.1. The molecule has 3 heteroatoms. The van der Waals surface area contributed by atoms with Crippen LogP contribution in [0.15, 0.2) is 30.3 Å². The Morgan fingerprint density at radius 3 is 2.25 bits per heavy atom. The van der Waals surface area contributed by atoms with Crippen molar-refractivity contribution >= 4 is 11.5 Å². The van der Waals surface area contributed by atoms with Crippen molar-refractivity contribution in [1.82, 2.24) is 0 Å². The first-order valence-electron chi connectivity index (χ1n) is 6.53. The van der Waals surface area contributed by atoms with Crippen molar-refractivity contribution in [3.8, 4) is 0 Å². The lowest BCUT2D eigenvalue weighted by molar-refractivity contribution is 0.0992. The van der Waals surface area contributed by atoms with E-state index in [1.165, 1.54) is 17.7 Å². The van der Waals surface area contributed by atoms with E-state index in [9.17, 15) is 9.18 Å². The molecule has 0 radical (unpaired) electrons. The second-order valence-electron chi connectivity index (χ2n) is 5.21. The summed E-state index contributed by atoms with van der Waals surface area (Å²) in [6.45, 7) is 6.01. The minimum atomic E-state index is -0.548. The minimum Gasteiger partial charge on any atom is -0.396 e. The van der Waals surface area contributed by atoms with Gasteiger partial charge in [-0.15, -0.1) is 0 Å². The highest BCUT2D eigenvalue weighted by molar-refractivity contribution is 5.98. The van der Waals surface area contributed by atoms with Gasteiger partial charge in [-0.1, -0.05) is 17.7 Å². The van der Waals surface area contributed by atoms with Gasteiger partial charge in [-0.3, -0.25) is 4.79 Å². The van der Waals surface area contributed by atoms with Crippen LogP contribution in [-0.4, -0.2) is 5.78 Å². The van der Waals surface area contributed by atoms with Gasteiger partial charge in [-0.05, 0) is 55.7 Å². The molecule has 0 spiro atoms. The quantitative estimate of drug-likeness (QED) is 0.682. The van der Waals surface area contributed by atoms with Crippen LogP contribution in [0, 0.1) is 26.6 Å². The molecular weight excluding hydrogens is 253 g/mol. The summed E-state index contributed by atoms with van der Waals surface area (Å²) in [5.41, 5.74) is 10.2. The average molecular weight is 271 g/mol. The Bertz CT molecular complexity index is 654. The monoisotopic (exact) mass is 271 g/mol. The van der Waals surface area contributed by atoms with Crippen molar-refractivity contribution < 1.29 is 9.18 Å². The van der Waals surface area contributed by atoms with Crippen molar-refractivity contribution in [3.05, 3.63) is 64.0 Å². The second-order valence-corrected chi connectivity index (χ2v) is 5.21. The van der Waals surface area contributed by atoms with E-state index in [0.717, 1.165) is 16.7 Å². The fourth-order valence-corrected chi connectivity index (χ4v) is 2.45. The van der Waals surface area contributed by atoms with E-state index >= 15 is 0 Å². The summed E-state index contributed by atoms with van der Waals surface area (Å²) in [5.74, 6) is -0.646. The van der Waals surface area contributed by atoms with Crippen molar-refractivity contribution in [2.75, 3.05) is 5.73 Å². The molecule has 2 N–H and O–H groups in total. The number of nitrogen functional groups attached to an aromatic ring is 1. The van der Waals surface area contributed by atoms with Crippen LogP contribution in [-0.2, 0) is 6.42 Å². The SMILES string of the molecule is Cc1cc(C)c(CC(=O)c2ccc(N)c(F)c2)c(C)c1. The molecule has 0 fully saturated rings. The van der Waals surface area contributed by atoms with Gasteiger partial charge in [-0.2, -0.15) is 0 Å². The van der Waals surface area contributed by atoms with E-state index < -0.39 is 5.82 Å². The summed E-state index contributed by atoms with van der Waals surface area (Å²) >= 11 is 0. The number of ketones is 1. The van der Waals surface area contributed by atoms with Crippen LogP contribution in [0.3, 0.4) is 0 Å². The molecule has 0 saturated carbocycles. The van der Waals surface area contributed by atoms with Gasteiger partial charge in [0, 0.05) is 12.0 Å². The van der Waals surface area contributed by atoms with Crippen LogP contribution < -0.4 is 5.73 Å². The molecule has 20 heavy (non-hydrogen) atoms. The first kappa shape index (κ1) is 14.3. The Morgan fingerprint density at radius 1 is 1.10 bits per heavy atom. The molecule has 0 saturated heterocycles. The molecule has 0 aliphatic carbocycles. The Morgan fingerprint density at radius 2 is 1.70 bits per heavy atom. The van der Waals surface area contributed by atoms with Crippen LogP contribution in [0.1, 0.15) is 32.6 Å². The van der Waals surface area contributed by atoms with E-state index in [0.29, 0.717) is 5.56 Å². The van der Waals surface area contributed by atoms with Gasteiger partial charge in [0.1, 0.15) is 5.82 Å². The van der Waals surface area contributed by atoms with Crippen LogP contribution >= 0.6 is 0 Å². The van der Waals surface area contributed by atoms with E-state index in [1.54, 1.807) is 6.07 Å². The molecule has 104 valence electrons. The van der Waals surface area contributed by atoms with Crippen molar-refractivity contribution in [3.63, 3.8) is 0 Å². The summed E-state index contributed by atoms with van der Waals surface area (Å²) in [5, 5.41) is 0. The van der Waals surface area contributed by atoms with Gasteiger partial charge in [0.05, 0.1) is 5.69 Å². The number of Topliss-reactive ketones (excluding diaryl/α,β-unsaturated/α-hetero) is 1. The zero-order valence-corrected chi connectivity index (χ0v) is 12.0. The smallest absolute Gasteiger partial charge is 0.167 e. The normalized spacial score (nSPS) is 10.6. The van der Waals surface area contributed by atoms with E-state index in [4.69, 9.17) is 5.73 Å². The highest BCUT2D eigenvalue weighted by Crippen LogP contribution is 2.20.